The first-order valence-electron chi connectivity index (χ1n) is 14.8. The van der Waals surface area contributed by atoms with Crippen LogP contribution in [-0.4, -0.2) is 4.57 Å². The quantitative estimate of drug-likeness (QED) is 0.176. The van der Waals surface area contributed by atoms with Crippen molar-refractivity contribution in [3.8, 4) is 11.4 Å². The molecule has 0 unspecified atom stereocenters. The molecule has 0 atom stereocenters. The minimum Gasteiger partial charge on any atom is -0.472 e. The Morgan fingerprint density at radius 1 is 0.553 bits per heavy atom. The average Bonchev–Trinajstić information content (AvgIpc) is 3.43. The normalized spacial score (nSPS) is 14.4. The van der Waals surface area contributed by atoms with E-state index in [0.29, 0.717) is 33.1 Å². The van der Waals surface area contributed by atoms with E-state index in [-0.39, 0.29) is 11.8 Å². The highest BCUT2D eigenvalue weighted by Crippen LogP contribution is 2.51. The summed E-state index contributed by atoms with van der Waals surface area (Å²) in [5.74, 6) is 0.468. The highest BCUT2D eigenvalue weighted by molar-refractivity contribution is 6.25. The number of hydrogen-bond acceptors (Lipinski definition) is 1. The molecule has 0 saturated heterocycles. The van der Waals surface area contributed by atoms with E-state index in [9.17, 15) is 26.3 Å². The highest BCUT2D eigenvalue weighted by atomic mass is 19.4. The molecule has 0 saturated carbocycles. The summed E-state index contributed by atoms with van der Waals surface area (Å²) in [6.07, 6.45) is -6.23. The maximum absolute atomic E-state index is 14.1. The van der Waals surface area contributed by atoms with E-state index < -0.39 is 29.1 Å². The lowest BCUT2D eigenvalue weighted by Crippen LogP contribution is -2.34. The summed E-state index contributed by atoms with van der Waals surface area (Å²) in [4.78, 5) is 0. The smallest absolute Gasteiger partial charge is 0.416 e. The van der Waals surface area contributed by atoms with E-state index >= 15 is 0 Å². The van der Waals surface area contributed by atoms with Crippen LogP contribution >= 0.6 is 0 Å². The number of halogens is 6. The molecule has 1 aromatic heterocycles. The van der Waals surface area contributed by atoms with Crippen molar-refractivity contribution in [3.63, 3.8) is 0 Å². The maximum Gasteiger partial charge on any atom is 0.416 e. The predicted octanol–water partition coefficient (Wildman–Crippen LogP) is 11.3. The monoisotopic (exact) mass is 635 g/mol. The van der Waals surface area contributed by atoms with E-state index in [2.05, 4.69) is 0 Å². The van der Waals surface area contributed by atoms with Crippen molar-refractivity contribution < 1.29 is 31.1 Å². The highest BCUT2D eigenvalue weighted by Gasteiger charge is 2.40. The summed E-state index contributed by atoms with van der Waals surface area (Å²) in [5, 5.41) is 2.90. The Balaban J connectivity index is 1.52. The summed E-state index contributed by atoms with van der Waals surface area (Å²) >= 11 is 0. The number of nitrogens with zero attached hydrogens (tertiary/aromatic N) is 1. The number of hydrogen-bond donors (Lipinski definition) is 0. The van der Waals surface area contributed by atoms with Gasteiger partial charge in [0, 0.05) is 38.5 Å². The first-order chi connectivity index (χ1) is 22.6. The van der Waals surface area contributed by atoms with E-state index in [1.165, 1.54) is 4.57 Å². The van der Waals surface area contributed by atoms with Crippen LogP contribution in [-0.2, 0) is 18.0 Å². The summed E-state index contributed by atoms with van der Waals surface area (Å²) in [6.45, 7) is 0. The number of para-hydroxylation sites is 1. The second-order valence-electron chi connectivity index (χ2n) is 11.5. The lowest BCUT2D eigenvalue weighted by atomic mass is 9.83. The summed E-state index contributed by atoms with van der Waals surface area (Å²) in [5.41, 5.74) is -0.943. The molecule has 0 amide bonds. The zero-order chi connectivity index (χ0) is 32.6. The number of rotatable bonds is 3. The molecule has 2 heterocycles. The molecule has 0 bridgehead atoms. The Bertz CT molecular complexity index is 2280. The van der Waals surface area contributed by atoms with Crippen LogP contribution in [0.3, 0.4) is 0 Å². The molecule has 7 aromatic rings. The van der Waals surface area contributed by atoms with Gasteiger partial charge in [0.2, 0.25) is 0 Å². The van der Waals surface area contributed by atoms with Crippen LogP contribution in [0.2, 0.25) is 0 Å². The van der Waals surface area contributed by atoms with Crippen LogP contribution in [0.25, 0.3) is 44.3 Å². The topological polar surface area (TPSA) is 14.2 Å². The van der Waals surface area contributed by atoms with Crippen molar-refractivity contribution in [3.05, 3.63) is 161 Å². The number of fused-ring (bicyclic) bond motifs is 8. The van der Waals surface area contributed by atoms with Crippen LogP contribution < -0.4 is 4.74 Å². The van der Waals surface area contributed by atoms with Crippen molar-refractivity contribution in [1.82, 2.24) is 4.57 Å². The molecule has 8 heteroatoms. The third-order valence-electron chi connectivity index (χ3n) is 8.80. The van der Waals surface area contributed by atoms with E-state index in [0.717, 1.165) is 34.0 Å². The number of ether oxygens (including phenoxy) is 1. The molecule has 1 aliphatic rings. The Morgan fingerprint density at radius 2 is 1.06 bits per heavy atom. The summed E-state index contributed by atoms with van der Waals surface area (Å²) < 4.78 is 93.1. The van der Waals surface area contributed by atoms with Crippen LogP contribution in [0, 0.1) is 0 Å². The summed E-state index contributed by atoms with van der Waals surface area (Å²) in [7, 11) is 0. The van der Waals surface area contributed by atoms with Crippen molar-refractivity contribution in [2.75, 3.05) is 0 Å². The molecule has 0 spiro atoms. The molecule has 6 aromatic carbocycles. The van der Waals surface area contributed by atoms with Gasteiger partial charge in [-0.1, -0.05) is 103 Å². The predicted molar refractivity (Wildman–Crippen MR) is 172 cm³/mol. The number of benzene rings is 6. The van der Waals surface area contributed by atoms with Gasteiger partial charge in [-0.15, -0.1) is 0 Å². The van der Waals surface area contributed by atoms with Crippen LogP contribution in [0.4, 0.5) is 26.3 Å². The Hall–Kier alpha value is -5.50. The molecule has 232 valence electrons. The van der Waals surface area contributed by atoms with Gasteiger partial charge in [0.1, 0.15) is 5.75 Å². The average molecular weight is 636 g/mol. The fourth-order valence-corrected chi connectivity index (χ4v) is 6.76. The third-order valence-corrected chi connectivity index (χ3v) is 8.80. The van der Waals surface area contributed by atoms with Gasteiger partial charge in [0.15, 0.2) is 5.60 Å². The van der Waals surface area contributed by atoms with Gasteiger partial charge >= 0.3 is 12.4 Å². The molecule has 47 heavy (non-hydrogen) atoms. The largest absolute Gasteiger partial charge is 0.472 e. The van der Waals surface area contributed by atoms with Gasteiger partial charge in [-0.2, -0.15) is 26.3 Å². The molecule has 0 radical (unpaired) electrons. The Kier molecular flexibility index (Phi) is 6.31. The van der Waals surface area contributed by atoms with E-state index in [1.54, 1.807) is 18.2 Å². The minimum absolute atomic E-state index is 0.152. The second kappa shape index (κ2) is 10.3. The van der Waals surface area contributed by atoms with Crippen LogP contribution in [0.5, 0.6) is 5.75 Å². The van der Waals surface area contributed by atoms with Crippen molar-refractivity contribution >= 4 is 38.7 Å². The first kappa shape index (κ1) is 28.9. The number of aromatic nitrogens is 1. The molecule has 2 nitrogen and oxygen atoms in total. The van der Waals surface area contributed by atoms with Crippen molar-refractivity contribution in [2.24, 2.45) is 0 Å². The van der Waals surface area contributed by atoms with Crippen molar-refractivity contribution in [2.45, 2.75) is 18.0 Å². The number of alkyl halides is 6. The van der Waals surface area contributed by atoms with Gasteiger partial charge < -0.3 is 9.30 Å². The van der Waals surface area contributed by atoms with Crippen LogP contribution in [0.15, 0.2) is 133 Å². The lowest BCUT2D eigenvalue weighted by Gasteiger charge is -2.37. The second-order valence-corrected chi connectivity index (χ2v) is 11.5. The summed E-state index contributed by atoms with van der Waals surface area (Å²) in [6, 6.07) is 35.6. The van der Waals surface area contributed by atoms with Crippen molar-refractivity contribution in [1.29, 1.82) is 0 Å². The molecule has 0 fully saturated rings. The van der Waals surface area contributed by atoms with Gasteiger partial charge in [-0.25, -0.2) is 0 Å². The molecule has 8 rings (SSSR count). The standard InChI is InChI=1S/C39H23F6NO/c40-38(41,42)26-21-27(39(43,44)45)23-28(22-26)46-33-18-10-9-17-31(33)34-29-15-7-8-16-30(29)36-32(35(34)46)19-20-37(47-36,24-11-3-1-4-12-24)25-13-5-2-6-14-25/h1-23H. The Labute approximate surface area is 264 Å². The SMILES string of the molecule is FC(F)(F)c1cc(-n2c3ccccc3c3c4ccccc4c4c(c32)C=CC(c2ccccc2)(c2ccccc2)O4)cc(C(F)(F)F)c1. The fraction of sp³-hybridized carbons (Fsp3) is 0.0769. The minimum atomic E-state index is -5.01. The first-order valence-corrected chi connectivity index (χ1v) is 14.8. The van der Waals surface area contributed by atoms with E-state index in [1.807, 2.05) is 103 Å². The van der Waals surface area contributed by atoms with Gasteiger partial charge in [-0.05, 0) is 41.8 Å². The fourth-order valence-electron chi connectivity index (χ4n) is 6.76. The van der Waals surface area contributed by atoms with Crippen LogP contribution in [0.1, 0.15) is 27.8 Å². The van der Waals surface area contributed by atoms with Gasteiger partial charge in [0.05, 0.1) is 22.2 Å². The molecule has 0 aliphatic carbocycles. The lowest BCUT2D eigenvalue weighted by molar-refractivity contribution is -0.143. The maximum atomic E-state index is 14.1. The van der Waals surface area contributed by atoms with E-state index in [4.69, 9.17) is 4.74 Å². The molecule has 0 N–H and O–H groups in total. The Morgan fingerprint density at radius 3 is 1.64 bits per heavy atom. The molecular formula is C39H23F6NO. The van der Waals surface area contributed by atoms with Gasteiger partial charge in [-0.3, -0.25) is 0 Å². The molecule has 1 aliphatic heterocycles. The molecular weight excluding hydrogens is 612 g/mol. The zero-order valence-corrected chi connectivity index (χ0v) is 24.4. The van der Waals surface area contributed by atoms with Gasteiger partial charge in [0.25, 0.3) is 0 Å². The zero-order valence-electron chi connectivity index (χ0n) is 24.4. The third kappa shape index (κ3) is 4.50.